The molecule has 0 aromatic carbocycles. The van der Waals surface area contributed by atoms with Crippen molar-refractivity contribution < 1.29 is 0 Å². The van der Waals surface area contributed by atoms with E-state index in [0.717, 1.165) is 48.9 Å². The molecule has 7 heteroatoms. The van der Waals surface area contributed by atoms with Crippen molar-refractivity contribution in [1.82, 2.24) is 18.8 Å². The molecular weight excluding hydrogens is 358 g/mol. The Balaban J connectivity index is 1.67. The van der Waals surface area contributed by atoms with E-state index in [9.17, 15) is 4.79 Å². The lowest BCUT2D eigenvalue weighted by Gasteiger charge is -2.30. The van der Waals surface area contributed by atoms with Crippen LogP contribution in [0.1, 0.15) is 50.6 Å². The van der Waals surface area contributed by atoms with E-state index >= 15 is 0 Å². The number of pyridine rings is 1. The van der Waals surface area contributed by atoms with Crippen molar-refractivity contribution in [2.75, 3.05) is 24.7 Å². The lowest BCUT2D eigenvalue weighted by molar-refractivity contribution is 0.358. The number of nitrogens with one attached hydrogen (secondary N) is 1. The number of fused-ring (bicyclic) bond motifs is 1. The number of nitrogens with zero attached hydrogens (tertiary/aromatic N) is 4. The molecule has 0 bridgehead atoms. The van der Waals surface area contributed by atoms with Gasteiger partial charge in [-0.1, -0.05) is 25.3 Å². The Kier molecular flexibility index (Phi) is 5.41. The van der Waals surface area contributed by atoms with Gasteiger partial charge < -0.3 is 5.32 Å². The van der Waals surface area contributed by atoms with E-state index < -0.39 is 0 Å². The lowest BCUT2D eigenvalue weighted by Crippen LogP contribution is -2.36. The average molecular weight is 388 g/mol. The zero-order chi connectivity index (χ0) is 19.0. The predicted molar refractivity (Wildman–Crippen MR) is 112 cm³/mol. The van der Waals surface area contributed by atoms with Crippen LogP contribution in [0.25, 0.3) is 11.0 Å². The van der Waals surface area contributed by atoms with E-state index in [1.165, 1.54) is 12.8 Å². The number of aromatic nitrogens is 3. The summed E-state index contributed by atoms with van der Waals surface area (Å²) in [6.45, 7) is 6.30. The van der Waals surface area contributed by atoms with Crippen molar-refractivity contribution in [2.45, 2.75) is 58.0 Å². The highest BCUT2D eigenvalue weighted by atomic mass is 32.2. The molecule has 1 aliphatic heterocycles. The van der Waals surface area contributed by atoms with Gasteiger partial charge in [-0.3, -0.25) is 13.7 Å². The van der Waals surface area contributed by atoms with Crippen LogP contribution in [-0.4, -0.2) is 44.2 Å². The smallest absolute Gasteiger partial charge is 0.255 e. The first-order valence-corrected chi connectivity index (χ1v) is 11.2. The molecule has 3 heterocycles. The quantitative estimate of drug-likeness (QED) is 0.809. The summed E-state index contributed by atoms with van der Waals surface area (Å²) in [6.07, 6.45) is 9.58. The molecule has 2 fully saturated rings. The van der Waals surface area contributed by atoms with Crippen LogP contribution in [0.5, 0.6) is 0 Å². The molecule has 1 aliphatic carbocycles. The summed E-state index contributed by atoms with van der Waals surface area (Å²) in [5, 5.41) is 4.46. The summed E-state index contributed by atoms with van der Waals surface area (Å²) in [4.78, 5) is 22.3. The van der Waals surface area contributed by atoms with Crippen molar-refractivity contribution in [3.05, 3.63) is 28.2 Å². The molecule has 0 radical (unpaired) electrons. The Labute approximate surface area is 164 Å². The van der Waals surface area contributed by atoms with Crippen LogP contribution in [0.3, 0.4) is 0 Å². The monoisotopic (exact) mass is 387 g/mol. The van der Waals surface area contributed by atoms with Gasteiger partial charge in [0.05, 0.1) is 0 Å². The fourth-order valence-electron chi connectivity index (χ4n) is 4.51. The highest BCUT2D eigenvalue weighted by Crippen LogP contribution is 2.36. The summed E-state index contributed by atoms with van der Waals surface area (Å²) in [5.74, 6) is 1.16. The maximum atomic E-state index is 13.0. The number of piperidine rings is 1. The van der Waals surface area contributed by atoms with Gasteiger partial charge in [0.25, 0.3) is 5.56 Å². The van der Waals surface area contributed by atoms with Gasteiger partial charge in [0.2, 0.25) is 5.95 Å². The molecule has 2 aromatic heterocycles. The third kappa shape index (κ3) is 3.72. The first-order valence-electron chi connectivity index (χ1n) is 10.0. The van der Waals surface area contributed by atoms with E-state index in [1.807, 2.05) is 35.7 Å². The van der Waals surface area contributed by atoms with E-state index in [1.54, 1.807) is 0 Å². The van der Waals surface area contributed by atoms with Gasteiger partial charge in [-0.15, -0.1) is 0 Å². The van der Waals surface area contributed by atoms with E-state index in [2.05, 4.69) is 27.8 Å². The second kappa shape index (κ2) is 7.80. The number of aryl methyl sites for hydroxylation is 1. The Morgan fingerprint density at radius 3 is 2.67 bits per heavy atom. The standard InChI is InChI=1S/C20H29N5OS/c1-13-5-4-6-17(13)25-18-15(11-14(2)19(25)26)12-21-20(23-18)22-16-7-9-24(27-3)10-8-16/h11-13,16-17H,4-10H2,1-3H3,(H,21,22,23). The Bertz CT molecular complexity index is 875. The molecule has 1 N–H and O–H groups in total. The first kappa shape index (κ1) is 18.7. The average Bonchev–Trinajstić information content (AvgIpc) is 3.09. The molecular formula is C20H29N5OS. The van der Waals surface area contributed by atoms with Gasteiger partial charge in [-0.25, -0.2) is 4.98 Å². The fourth-order valence-corrected chi connectivity index (χ4v) is 5.09. The van der Waals surface area contributed by atoms with Crippen LogP contribution < -0.4 is 10.9 Å². The van der Waals surface area contributed by atoms with Crippen LogP contribution in [0.15, 0.2) is 17.1 Å². The largest absolute Gasteiger partial charge is 0.351 e. The van der Waals surface area contributed by atoms with E-state index in [4.69, 9.17) is 4.98 Å². The van der Waals surface area contributed by atoms with Crippen LogP contribution in [0.2, 0.25) is 0 Å². The number of rotatable bonds is 4. The van der Waals surface area contributed by atoms with Gasteiger partial charge in [0, 0.05) is 42.3 Å². The second-order valence-electron chi connectivity index (χ2n) is 7.98. The van der Waals surface area contributed by atoms with Gasteiger partial charge in [-0.05, 0) is 50.8 Å². The minimum atomic E-state index is 0.0965. The minimum absolute atomic E-state index is 0.0965. The van der Waals surface area contributed by atoms with Crippen LogP contribution >= 0.6 is 11.9 Å². The zero-order valence-corrected chi connectivity index (χ0v) is 17.3. The topological polar surface area (TPSA) is 63.1 Å². The first-order chi connectivity index (χ1) is 13.1. The van der Waals surface area contributed by atoms with E-state index in [-0.39, 0.29) is 11.6 Å². The summed E-state index contributed by atoms with van der Waals surface area (Å²) in [6, 6.07) is 2.56. The number of anilines is 1. The molecule has 0 spiro atoms. The van der Waals surface area contributed by atoms with Crippen LogP contribution in [0, 0.1) is 12.8 Å². The van der Waals surface area contributed by atoms with Gasteiger partial charge >= 0.3 is 0 Å². The molecule has 27 heavy (non-hydrogen) atoms. The molecule has 2 atom stereocenters. The molecule has 2 aliphatic rings. The van der Waals surface area contributed by atoms with Crippen molar-refractivity contribution in [3.8, 4) is 0 Å². The summed E-state index contributed by atoms with van der Waals surface area (Å²) < 4.78 is 4.34. The molecule has 0 amide bonds. The number of hydrogen-bond donors (Lipinski definition) is 1. The Morgan fingerprint density at radius 1 is 1.22 bits per heavy atom. The van der Waals surface area contributed by atoms with Crippen LogP contribution in [-0.2, 0) is 0 Å². The predicted octanol–water partition coefficient (Wildman–Crippen LogP) is 3.62. The third-order valence-electron chi connectivity index (χ3n) is 6.15. The molecule has 1 saturated heterocycles. The second-order valence-corrected chi connectivity index (χ2v) is 8.86. The fraction of sp³-hybridized carbons (Fsp3) is 0.650. The Morgan fingerprint density at radius 2 is 2.00 bits per heavy atom. The van der Waals surface area contributed by atoms with Crippen molar-refractivity contribution in [1.29, 1.82) is 0 Å². The lowest BCUT2D eigenvalue weighted by atomic mass is 10.1. The maximum absolute atomic E-state index is 13.0. The van der Waals surface area contributed by atoms with Crippen molar-refractivity contribution in [2.24, 2.45) is 5.92 Å². The van der Waals surface area contributed by atoms with Crippen molar-refractivity contribution in [3.63, 3.8) is 0 Å². The Hall–Kier alpha value is -1.60. The van der Waals surface area contributed by atoms with Gasteiger partial charge in [0.15, 0.2) is 0 Å². The normalized spacial score (nSPS) is 24.6. The van der Waals surface area contributed by atoms with Crippen molar-refractivity contribution >= 4 is 28.9 Å². The maximum Gasteiger partial charge on any atom is 0.255 e. The van der Waals surface area contributed by atoms with Gasteiger partial charge in [0.1, 0.15) is 5.65 Å². The zero-order valence-electron chi connectivity index (χ0n) is 16.4. The summed E-state index contributed by atoms with van der Waals surface area (Å²) in [5.41, 5.74) is 1.65. The van der Waals surface area contributed by atoms with E-state index in [0.29, 0.717) is 17.9 Å². The molecule has 6 nitrogen and oxygen atoms in total. The van der Waals surface area contributed by atoms with Gasteiger partial charge in [-0.2, -0.15) is 4.98 Å². The van der Waals surface area contributed by atoms with Crippen LogP contribution in [0.4, 0.5) is 5.95 Å². The molecule has 2 unspecified atom stereocenters. The number of hydrogen-bond acceptors (Lipinski definition) is 6. The summed E-state index contributed by atoms with van der Waals surface area (Å²) in [7, 11) is 0. The SMILES string of the molecule is CSN1CCC(Nc2ncc3cc(C)c(=O)n(C4CCCC4C)c3n2)CC1. The molecule has 1 saturated carbocycles. The highest BCUT2D eigenvalue weighted by Gasteiger charge is 2.28. The molecule has 146 valence electrons. The summed E-state index contributed by atoms with van der Waals surface area (Å²) >= 11 is 1.81. The minimum Gasteiger partial charge on any atom is -0.351 e. The molecule has 4 rings (SSSR count). The highest BCUT2D eigenvalue weighted by molar-refractivity contribution is 7.96. The molecule has 2 aromatic rings. The third-order valence-corrected chi connectivity index (χ3v) is 7.03.